The topological polar surface area (TPSA) is 58.6 Å². The van der Waals surface area contributed by atoms with E-state index in [0.717, 1.165) is 6.42 Å². The maximum Gasteiger partial charge on any atom is 0.243 e. The van der Waals surface area contributed by atoms with E-state index in [1.165, 1.54) is 0 Å². The highest BCUT2D eigenvalue weighted by Crippen LogP contribution is 2.15. The summed E-state index contributed by atoms with van der Waals surface area (Å²) in [6.07, 6.45) is 1.58. The van der Waals surface area contributed by atoms with E-state index < -0.39 is 0 Å². The Morgan fingerprint density at radius 3 is 2.81 bits per heavy atom. The number of rotatable bonds is 5. The third-order valence-corrected chi connectivity index (χ3v) is 2.79. The Kier molecular flexibility index (Phi) is 4.73. The Bertz CT molecular complexity index is 268. The van der Waals surface area contributed by atoms with Gasteiger partial charge in [0, 0.05) is 7.11 Å². The van der Waals surface area contributed by atoms with Gasteiger partial charge in [-0.3, -0.25) is 9.59 Å². The molecule has 1 rings (SSSR count). The predicted molar refractivity (Wildman–Crippen MR) is 59.9 cm³/mol. The molecule has 1 fully saturated rings. The number of hydrogen-bond donors (Lipinski definition) is 1. The van der Waals surface area contributed by atoms with Crippen molar-refractivity contribution in [3.05, 3.63) is 0 Å². The number of amides is 2. The number of ether oxygens (including phenoxy) is 1. The van der Waals surface area contributed by atoms with Crippen molar-refractivity contribution in [3.63, 3.8) is 0 Å². The number of carbonyl (C=O) groups is 2. The van der Waals surface area contributed by atoms with Gasteiger partial charge in [0.1, 0.15) is 6.04 Å². The molecule has 0 aliphatic carbocycles. The molecule has 92 valence electrons. The molecule has 5 heteroatoms. The van der Waals surface area contributed by atoms with E-state index in [-0.39, 0.29) is 30.4 Å². The lowest BCUT2D eigenvalue weighted by atomic mass is 10.0. The molecule has 0 saturated carbocycles. The van der Waals surface area contributed by atoms with E-state index in [9.17, 15) is 9.59 Å². The molecule has 2 atom stereocenters. The second-order valence-electron chi connectivity index (χ2n) is 4.13. The number of carbonyl (C=O) groups excluding carboxylic acids is 2. The number of piperazine rings is 1. The lowest BCUT2D eigenvalue weighted by Gasteiger charge is -2.38. The van der Waals surface area contributed by atoms with E-state index in [2.05, 4.69) is 5.32 Å². The first-order valence-corrected chi connectivity index (χ1v) is 5.69. The molecule has 0 radical (unpaired) electrons. The summed E-state index contributed by atoms with van der Waals surface area (Å²) in [6.45, 7) is 4.47. The quantitative estimate of drug-likeness (QED) is 0.728. The van der Waals surface area contributed by atoms with E-state index in [0.29, 0.717) is 13.0 Å². The molecule has 0 spiro atoms. The van der Waals surface area contributed by atoms with Gasteiger partial charge in [-0.25, -0.2) is 0 Å². The standard InChI is InChI=1S/C11H20N2O3/c1-4-5-9-11(15)12-6-10(14)13(9)8(2)7-16-3/h8-9H,4-7H2,1-3H3,(H,12,15). The van der Waals surface area contributed by atoms with Crippen LogP contribution in [0.1, 0.15) is 26.7 Å². The normalized spacial score (nSPS) is 23.2. The Labute approximate surface area is 96.1 Å². The predicted octanol–water partition coefficient (Wildman–Crippen LogP) is 0.148. The highest BCUT2D eigenvalue weighted by Gasteiger charge is 2.36. The fourth-order valence-corrected chi connectivity index (χ4v) is 2.09. The minimum absolute atomic E-state index is 0.0254. The summed E-state index contributed by atoms with van der Waals surface area (Å²) >= 11 is 0. The molecule has 5 nitrogen and oxygen atoms in total. The summed E-state index contributed by atoms with van der Waals surface area (Å²) in [5.41, 5.74) is 0. The number of hydrogen-bond acceptors (Lipinski definition) is 3. The van der Waals surface area contributed by atoms with Crippen LogP contribution in [0.4, 0.5) is 0 Å². The second kappa shape index (κ2) is 5.84. The van der Waals surface area contributed by atoms with Crippen molar-refractivity contribution in [1.82, 2.24) is 10.2 Å². The Morgan fingerprint density at radius 2 is 2.25 bits per heavy atom. The highest BCUT2D eigenvalue weighted by molar-refractivity contribution is 5.94. The van der Waals surface area contributed by atoms with Gasteiger partial charge < -0.3 is 15.0 Å². The molecule has 0 bridgehead atoms. The molecule has 1 aliphatic heterocycles. The molecule has 0 aromatic carbocycles. The number of nitrogens with zero attached hydrogens (tertiary/aromatic N) is 1. The van der Waals surface area contributed by atoms with Crippen LogP contribution in [0.2, 0.25) is 0 Å². The fraction of sp³-hybridized carbons (Fsp3) is 0.818. The molecule has 16 heavy (non-hydrogen) atoms. The Balaban J connectivity index is 2.79. The van der Waals surface area contributed by atoms with Crippen molar-refractivity contribution in [1.29, 1.82) is 0 Å². The zero-order valence-corrected chi connectivity index (χ0v) is 10.2. The summed E-state index contributed by atoms with van der Waals surface area (Å²) < 4.78 is 5.04. The van der Waals surface area contributed by atoms with Gasteiger partial charge in [0.25, 0.3) is 0 Å². The van der Waals surface area contributed by atoms with Crippen LogP contribution >= 0.6 is 0 Å². The Morgan fingerprint density at radius 1 is 1.56 bits per heavy atom. The third-order valence-electron chi connectivity index (χ3n) is 2.79. The van der Waals surface area contributed by atoms with Crippen LogP contribution in [-0.4, -0.2) is 49.1 Å². The summed E-state index contributed by atoms with van der Waals surface area (Å²) in [7, 11) is 1.60. The average molecular weight is 228 g/mol. The largest absolute Gasteiger partial charge is 0.383 e. The van der Waals surface area contributed by atoms with Crippen molar-refractivity contribution in [2.75, 3.05) is 20.3 Å². The molecule has 1 N–H and O–H groups in total. The summed E-state index contributed by atoms with van der Waals surface area (Å²) in [5, 5.41) is 2.62. The first-order valence-electron chi connectivity index (χ1n) is 5.69. The Hall–Kier alpha value is -1.10. The maximum atomic E-state index is 11.8. The summed E-state index contributed by atoms with van der Waals surface area (Å²) in [5.74, 6) is -0.0768. The van der Waals surface area contributed by atoms with Gasteiger partial charge in [0.05, 0.1) is 19.2 Å². The maximum absolute atomic E-state index is 11.8. The SMILES string of the molecule is CCCC1C(=O)NCC(=O)N1C(C)COC. The molecular formula is C11H20N2O3. The number of nitrogens with one attached hydrogen (secondary N) is 1. The number of methoxy groups -OCH3 is 1. The van der Waals surface area contributed by atoms with Crippen molar-refractivity contribution in [2.45, 2.75) is 38.8 Å². The monoisotopic (exact) mass is 228 g/mol. The van der Waals surface area contributed by atoms with E-state index in [1.807, 2.05) is 13.8 Å². The smallest absolute Gasteiger partial charge is 0.243 e. The molecule has 1 aliphatic rings. The zero-order chi connectivity index (χ0) is 12.1. The van der Waals surface area contributed by atoms with E-state index in [1.54, 1.807) is 12.0 Å². The van der Waals surface area contributed by atoms with Crippen molar-refractivity contribution < 1.29 is 14.3 Å². The van der Waals surface area contributed by atoms with Crippen molar-refractivity contribution >= 4 is 11.8 Å². The molecular weight excluding hydrogens is 208 g/mol. The van der Waals surface area contributed by atoms with Crippen LogP contribution in [-0.2, 0) is 14.3 Å². The minimum atomic E-state index is -0.337. The first-order chi connectivity index (χ1) is 7.61. The van der Waals surface area contributed by atoms with E-state index in [4.69, 9.17) is 4.74 Å². The van der Waals surface area contributed by atoms with Crippen molar-refractivity contribution in [2.24, 2.45) is 0 Å². The van der Waals surface area contributed by atoms with Gasteiger partial charge in [0.15, 0.2) is 0 Å². The minimum Gasteiger partial charge on any atom is -0.383 e. The average Bonchev–Trinajstić information content (AvgIpc) is 2.24. The van der Waals surface area contributed by atoms with Gasteiger partial charge >= 0.3 is 0 Å². The lowest BCUT2D eigenvalue weighted by Crippen LogP contribution is -2.61. The van der Waals surface area contributed by atoms with Gasteiger partial charge in [-0.1, -0.05) is 13.3 Å². The molecule has 1 saturated heterocycles. The third kappa shape index (κ3) is 2.72. The second-order valence-corrected chi connectivity index (χ2v) is 4.13. The van der Waals surface area contributed by atoms with Crippen molar-refractivity contribution in [3.8, 4) is 0 Å². The molecule has 0 aromatic rings. The van der Waals surface area contributed by atoms with Crippen LogP contribution in [0.5, 0.6) is 0 Å². The zero-order valence-electron chi connectivity index (χ0n) is 10.2. The van der Waals surface area contributed by atoms with Gasteiger partial charge in [-0.05, 0) is 13.3 Å². The molecule has 0 aromatic heterocycles. The van der Waals surface area contributed by atoms with Crippen LogP contribution in [0.3, 0.4) is 0 Å². The van der Waals surface area contributed by atoms with Crippen LogP contribution in [0, 0.1) is 0 Å². The molecule has 2 unspecified atom stereocenters. The van der Waals surface area contributed by atoms with Crippen LogP contribution < -0.4 is 5.32 Å². The summed E-state index contributed by atoms with van der Waals surface area (Å²) in [6, 6.07) is -0.392. The fourth-order valence-electron chi connectivity index (χ4n) is 2.09. The summed E-state index contributed by atoms with van der Waals surface area (Å²) in [4.78, 5) is 25.2. The van der Waals surface area contributed by atoms with Crippen LogP contribution in [0.25, 0.3) is 0 Å². The first kappa shape index (κ1) is 13.0. The molecule has 1 heterocycles. The van der Waals surface area contributed by atoms with Gasteiger partial charge in [-0.15, -0.1) is 0 Å². The van der Waals surface area contributed by atoms with Crippen LogP contribution in [0.15, 0.2) is 0 Å². The van der Waals surface area contributed by atoms with Gasteiger partial charge in [0.2, 0.25) is 11.8 Å². The molecule has 2 amide bonds. The lowest BCUT2D eigenvalue weighted by molar-refractivity contribution is -0.149. The highest BCUT2D eigenvalue weighted by atomic mass is 16.5. The van der Waals surface area contributed by atoms with Gasteiger partial charge in [-0.2, -0.15) is 0 Å². The van der Waals surface area contributed by atoms with E-state index >= 15 is 0 Å².